The van der Waals surface area contributed by atoms with Crippen molar-refractivity contribution in [1.82, 2.24) is 0 Å². The molecule has 1 unspecified atom stereocenters. The Bertz CT molecular complexity index is 491. The number of para-hydroxylation sites is 1. The number of alkyl halides is 1. The fourth-order valence-corrected chi connectivity index (χ4v) is 2.55. The van der Waals surface area contributed by atoms with Crippen LogP contribution in [0.25, 0.3) is 0 Å². The van der Waals surface area contributed by atoms with Gasteiger partial charge in [-0.1, -0.05) is 32.0 Å². The van der Waals surface area contributed by atoms with Crippen molar-refractivity contribution in [1.29, 1.82) is 0 Å². The Balaban J connectivity index is 2.52. The molecule has 0 bridgehead atoms. The predicted molar refractivity (Wildman–Crippen MR) is 71.8 cm³/mol. The van der Waals surface area contributed by atoms with Gasteiger partial charge in [0.05, 0.1) is 11.6 Å². The number of carbonyl (C=O) groups is 2. The molecule has 0 aliphatic carbocycles. The molecule has 1 fully saturated rings. The number of amides is 2. The summed E-state index contributed by atoms with van der Waals surface area (Å²) in [5, 5.41) is 0. The van der Waals surface area contributed by atoms with Gasteiger partial charge in [-0.15, -0.1) is 0 Å². The van der Waals surface area contributed by atoms with E-state index in [0.29, 0.717) is 5.69 Å². The van der Waals surface area contributed by atoms with Gasteiger partial charge in [0.15, 0.2) is 0 Å². The second-order valence-electron chi connectivity index (χ2n) is 4.75. The summed E-state index contributed by atoms with van der Waals surface area (Å²) in [6.45, 7) is 3.20. The van der Waals surface area contributed by atoms with Crippen LogP contribution in [0.4, 0.5) is 10.1 Å². The maximum atomic E-state index is 12.8. The molecule has 2 amide bonds. The van der Waals surface area contributed by atoms with E-state index >= 15 is 0 Å². The Morgan fingerprint density at radius 3 is 2.21 bits per heavy atom. The second-order valence-corrected chi connectivity index (χ2v) is 4.75. The highest BCUT2D eigenvalue weighted by atomic mass is 19.1. The Morgan fingerprint density at radius 1 is 1.21 bits per heavy atom. The first kappa shape index (κ1) is 13.7. The molecule has 0 saturated carbocycles. The standard InChI is InChI=1S/C15H18FNO2/c1-3-10-6-5-7-11(4-2)14(10)17-13(18)8-12(9-16)15(17)19/h5-7,12H,3-4,8-9H2,1-2H3. The number of hydrogen-bond acceptors (Lipinski definition) is 2. The van der Waals surface area contributed by atoms with E-state index in [0.717, 1.165) is 24.0 Å². The molecule has 1 atom stereocenters. The van der Waals surface area contributed by atoms with Gasteiger partial charge in [-0.25, -0.2) is 4.90 Å². The van der Waals surface area contributed by atoms with Gasteiger partial charge in [0.25, 0.3) is 0 Å². The zero-order valence-corrected chi connectivity index (χ0v) is 11.3. The fraction of sp³-hybridized carbons (Fsp3) is 0.467. The zero-order chi connectivity index (χ0) is 14.0. The van der Waals surface area contributed by atoms with Gasteiger partial charge >= 0.3 is 0 Å². The van der Waals surface area contributed by atoms with E-state index in [1.807, 2.05) is 32.0 Å². The van der Waals surface area contributed by atoms with E-state index in [2.05, 4.69) is 0 Å². The molecule has 1 aromatic rings. The van der Waals surface area contributed by atoms with E-state index in [4.69, 9.17) is 0 Å². The van der Waals surface area contributed by atoms with E-state index in [1.54, 1.807) is 0 Å². The van der Waals surface area contributed by atoms with Crippen LogP contribution in [-0.2, 0) is 22.4 Å². The minimum atomic E-state index is -0.804. The Kier molecular flexibility index (Phi) is 3.98. The Morgan fingerprint density at radius 2 is 1.79 bits per heavy atom. The highest BCUT2D eigenvalue weighted by molar-refractivity contribution is 6.21. The van der Waals surface area contributed by atoms with Crippen LogP contribution in [0.2, 0.25) is 0 Å². The summed E-state index contributed by atoms with van der Waals surface area (Å²) >= 11 is 0. The molecular weight excluding hydrogens is 245 g/mol. The van der Waals surface area contributed by atoms with Crippen LogP contribution in [0.3, 0.4) is 0 Å². The fourth-order valence-electron chi connectivity index (χ4n) is 2.55. The Labute approximate surface area is 112 Å². The predicted octanol–water partition coefficient (Wildman–Crippen LogP) is 2.66. The van der Waals surface area contributed by atoms with Gasteiger partial charge in [-0.05, 0) is 24.0 Å². The van der Waals surface area contributed by atoms with Gasteiger partial charge in [-0.2, -0.15) is 0 Å². The molecule has 1 saturated heterocycles. The van der Waals surface area contributed by atoms with Crippen LogP contribution in [0.15, 0.2) is 18.2 Å². The van der Waals surface area contributed by atoms with Crippen LogP contribution >= 0.6 is 0 Å². The van der Waals surface area contributed by atoms with Crippen LogP contribution in [0.5, 0.6) is 0 Å². The number of halogens is 1. The van der Waals surface area contributed by atoms with Gasteiger partial charge in [0, 0.05) is 6.42 Å². The molecule has 0 aromatic heterocycles. The average Bonchev–Trinajstić information content (AvgIpc) is 2.72. The molecule has 1 heterocycles. The summed E-state index contributed by atoms with van der Waals surface area (Å²) in [6, 6.07) is 5.76. The van der Waals surface area contributed by atoms with Gasteiger partial charge in [-0.3, -0.25) is 14.0 Å². The lowest BCUT2D eigenvalue weighted by Crippen LogP contribution is -2.32. The number of rotatable bonds is 4. The van der Waals surface area contributed by atoms with E-state index < -0.39 is 18.5 Å². The average molecular weight is 263 g/mol. The summed E-state index contributed by atoms with van der Waals surface area (Å²) in [5.41, 5.74) is 2.60. The molecule has 1 aromatic carbocycles. The largest absolute Gasteiger partial charge is 0.274 e. The van der Waals surface area contributed by atoms with Crippen molar-refractivity contribution >= 4 is 17.5 Å². The summed E-state index contributed by atoms with van der Waals surface area (Å²) in [4.78, 5) is 25.4. The normalized spacial score (nSPS) is 19.3. The monoisotopic (exact) mass is 263 g/mol. The topological polar surface area (TPSA) is 37.4 Å². The van der Waals surface area contributed by atoms with Gasteiger partial charge in [0.2, 0.25) is 11.8 Å². The van der Waals surface area contributed by atoms with Crippen molar-refractivity contribution in [2.45, 2.75) is 33.1 Å². The third-order valence-corrected chi connectivity index (χ3v) is 3.61. The van der Waals surface area contributed by atoms with Crippen molar-refractivity contribution in [3.05, 3.63) is 29.3 Å². The lowest BCUT2D eigenvalue weighted by atomic mass is 10.0. The number of anilines is 1. The first-order valence-corrected chi connectivity index (χ1v) is 6.67. The minimum Gasteiger partial charge on any atom is -0.274 e. The number of imide groups is 1. The van der Waals surface area contributed by atoms with Crippen LogP contribution in [-0.4, -0.2) is 18.5 Å². The number of aryl methyl sites for hydroxylation is 2. The number of hydrogen-bond donors (Lipinski definition) is 0. The van der Waals surface area contributed by atoms with Crippen molar-refractivity contribution < 1.29 is 14.0 Å². The smallest absolute Gasteiger partial charge is 0.240 e. The number of carbonyl (C=O) groups excluding carboxylic acids is 2. The minimum absolute atomic E-state index is 0.0173. The van der Waals surface area contributed by atoms with E-state index in [-0.39, 0.29) is 12.3 Å². The molecular formula is C15H18FNO2. The quantitative estimate of drug-likeness (QED) is 0.783. The summed E-state index contributed by atoms with van der Waals surface area (Å²) in [5.74, 6) is -1.49. The molecule has 0 radical (unpaired) electrons. The highest BCUT2D eigenvalue weighted by Crippen LogP contribution is 2.33. The maximum absolute atomic E-state index is 12.8. The summed E-state index contributed by atoms with van der Waals surface area (Å²) in [6.07, 6.45) is 1.46. The molecule has 4 heteroatoms. The van der Waals surface area contributed by atoms with Crippen molar-refractivity contribution in [2.24, 2.45) is 5.92 Å². The molecule has 19 heavy (non-hydrogen) atoms. The lowest BCUT2D eigenvalue weighted by molar-refractivity contribution is -0.122. The summed E-state index contributed by atoms with van der Waals surface area (Å²) in [7, 11) is 0. The van der Waals surface area contributed by atoms with Crippen LogP contribution in [0, 0.1) is 5.92 Å². The van der Waals surface area contributed by atoms with Gasteiger partial charge in [0.1, 0.15) is 6.67 Å². The zero-order valence-electron chi connectivity index (χ0n) is 11.3. The number of nitrogens with zero attached hydrogens (tertiary/aromatic N) is 1. The van der Waals surface area contributed by atoms with Crippen molar-refractivity contribution in [3.8, 4) is 0 Å². The third kappa shape index (κ3) is 2.27. The van der Waals surface area contributed by atoms with Crippen LogP contribution < -0.4 is 4.90 Å². The second kappa shape index (κ2) is 5.51. The Hall–Kier alpha value is -1.71. The molecule has 1 aliphatic heterocycles. The molecule has 1 aliphatic rings. The van der Waals surface area contributed by atoms with E-state index in [1.165, 1.54) is 4.90 Å². The first-order valence-electron chi connectivity index (χ1n) is 6.67. The summed E-state index contributed by atoms with van der Waals surface area (Å²) < 4.78 is 12.8. The van der Waals surface area contributed by atoms with E-state index in [9.17, 15) is 14.0 Å². The number of benzene rings is 1. The molecule has 2 rings (SSSR count). The SMILES string of the molecule is CCc1cccc(CC)c1N1C(=O)CC(CF)C1=O. The first-order chi connectivity index (χ1) is 9.13. The third-order valence-electron chi connectivity index (χ3n) is 3.61. The lowest BCUT2D eigenvalue weighted by Gasteiger charge is -2.21. The molecule has 102 valence electrons. The molecule has 0 spiro atoms. The molecule has 3 nitrogen and oxygen atoms in total. The van der Waals surface area contributed by atoms with Crippen molar-refractivity contribution in [2.75, 3.05) is 11.6 Å². The molecule has 0 N–H and O–H groups in total. The van der Waals surface area contributed by atoms with Crippen LogP contribution in [0.1, 0.15) is 31.4 Å². The van der Waals surface area contributed by atoms with Gasteiger partial charge < -0.3 is 0 Å². The van der Waals surface area contributed by atoms with Crippen molar-refractivity contribution in [3.63, 3.8) is 0 Å². The highest BCUT2D eigenvalue weighted by Gasteiger charge is 2.40. The maximum Gasteiger partial charge on any atom is 0.240 e.